The zero-order chi connectivity index (χ0) is 24.2. The molecule has 37 heavy (non-hydrogen) atoms. The summed E-state index contributed by atoms with van der Waals surface area (Å²) in [5, 5.41) is 27.7. The summed E-state index contributed by atoms with van der Waals surface area (Å²) in [7, 11) is 0. The molecule has 3 fully saturated rings. The van der Waals surface area contributed by atoms with E-state index in [1.807, 2.05) is 36.5 Å². The zero-order valence-corrected chi connectivity index (χ0v) is 21.4. The van der Waals surface area contributed by atoms with Crippen molar-refractivity contribution >= 4 is 29.2 Å². The molecule has 8 rings (SSSR count). The molecule has 4 N–H and O–H groups in total. The summed E-state index contributed by atoms with van der Waals surface area (Å²) in [5.74, 6) is 1.25. The Morgan fingerprint density at radius 3 is 2.86 bits per heavy atom. The first-order valence-corrected chi connectivity index (χ1v) is 13.3. The predicted octanol–water partition coefficient (Wildman–Crippen LogP) is 3.66. The van der Waals surface area contributed by atoms with Crippen LogP contribution in [0.1, 0.15) is 53.6 Å². The van der Waals surface area contributed by atoms with Gasteiger partial charge in [-0.15, -0.1) is 12.4 Å². The minimum absolute atomic E-state index is 0. The molecule has 5 atom stereocenters. The average Bonchev–Trinajstić information content (AvgIpc) is 3.42. The highest BCUT2D eigenvalue weighted by molar-refractivity contribution is 5.98. The smallest absolute Gasteiger partial charge is 0.251 e. The number of aromatic nitrogens is 1. The van der Waals surface area contributed by atoms with E-state index in [1.165, 1.54) is 18.4 Å². The molecule has 8 heteroatoms. The quantitative estimate of drug-likeness (QED) is 0.420. The summed E-state index contributed by atoms with van der Waals surface area (Å²) >= 11 is 0. The fourth-order valence-electron chi connectivity index (χ4n) is 8.07. The van der Waals surface area contributed by atoms with Crippen molar-refractivity contribution in [2.45, 2.75) is 67.7 Å². The largest absolute Gasteiger partial charge is 0.504 e. The summed E-state index contributed by atoms with van der Waals surface area (Å²) in [6.45, 7) is 1.96. The minimum atomic E-state index is -0.943. The molecule has 1 spiro atoms. The van der Waals surface area contributed by atoms with Crippen molar-refractivity contribution in [3.8, 4) is 11.5 Å². The van der Waals surface area contributed by atoms with Gasteiger partial charge in [0.1, 0.15) is 6.10 Å². The molecule has 7 nitrogen and oxygen atoms in total. The van der Waals surface area contributed by atoms with Gasteiger partial charge in [0.25, 0.3) is 5.91 Å². The van der Waals surface area contributed by atoms with Crippen molar-refractivity contribution in [2.75, 3.05) is 13.1 Å². The maximum absolute atomic E-state index is 13.4. The molecule has 0 radical (unpaired) electrons. The predicted molar refractivity (Wildman–Crippen MR) is 142 cm³/mol. The first kappa shape index (κ1) is 23.4. The number of likely N-dealkylation sites (tertiary alicyclic amines) is 1. The van der Waals surface area contributed by atoms with Crippen molar-refractivity contribution < 1.29 is 19.7 Å². The fourth-order valence-corrected chi connectivity index (χ4v) is 8.07. The number of H-pyrrole nitrogens is 1. The zero-order valence-electron chi connectivity index (χ0n) is 20.6. The number of hydrogen-bond donors (Lipinski definition) is 4. The van der Waals surface area contributed by atoms with Crippen LogP contribution in [-0.4, -0.2) is 62.9 Å². The fraction of sp³-hybridized carbons (Fsp3) is 0.483. The normalized spacial score (nSPS) is 33.4. The van der Waals surface area contributed by atoms with Crippen LogP contribution in [0.15, 0.2) is 42.6 Å². The molecule has 0 unspecified atom stereocenters. The van der Waals surface area contributed by atoms with Gasteiger partial charge in [-0.05, 0) is 86.2 Å². The first-order chi connectivity index (χ1) is 17.5. The average molecular weight is 522 g/mol. The van der Waals surface area contributed by atoms with E-state index < -0.39 is 17.1 Å². The summed E-state index contributed by atoms with van der Waals surface area (Å²) in [6.07, 6.45) is 6.81. The molecule has 2 bridgehead atoms. The van der Waals surface area contributed by atoms with Gasteiger partial charge in [0.15, 0.2) is 11.5 Å². The Kier molecular flexibility index (Phi) is 4.98. The summed E-state index contributed by atoms with van der Waals surface area (Å²) in [4.78, 5) is 19.1. The third-order valence-corrected chi connectivity index (χ3v) is 9.90. The topological polar surface area (TPSA) is 97.8 Å². The van der Waals surface area contributed by atoms with Gasteiger partial charge in [0, 0.05) is 35.4 Å². The number of aromatic amines is 1. The number of nitrogens with zero attached hydrogens (tertiary/aromatic N) is 1. The lowest BCUT2D eigenvalue weighted by molar-refractivity contribution is -0.191. The first-order valence-electron chi connectivity index (χ1n) is 13.3. The number of phenolic OH excluding ortho intramolecular Hbond substituents is 1. The van der Waals surface area contributed by atoms with Crippen LogP contribution in [0.25, 0.3) is 10.9 Å². The van der Waals surface area contributed by atoms with E-state index in [4.69, 9.17) is 4.74 Å². The lowest BCUT2D eigenvalue weighted by Gasteiger charge is -2.64. The number of hydrogen-bond acceptors (Lipinski definition) is 5. The molecule has 1 amide bonds. The standard InChI is InChI=1S/C29H31N3O4.ClH/c33-22-6-5-18-14-23-29(35)9-7-20(31-27(34)19-4-3-17-8-11-30-21(17)13-19)26-28(29,24(18)25(22)36-26)10-12-32(23)15-16-1-2-16;/h3-6,8,11,13,16,20,23,26,30,33,35H,1-2,7,9-10,12,14-15H2,(H,31,34);1H/t20-,23-,26+,28+,29-;/m1./s1. The van der Waals surface area contributed by atoms with Crippen LogP contribution in [0.5, 0.6) is 11.5 Å². The van der Waals surface area contributed by atoms with E-state index in [1.54, 1.807) is 6.07 Å². The number of ether oxygens (including phenoxy) is 1. The number of halogens is 1. The SMILES string of the molecule is Cl.O=C(N[C@@H]1CC[C@@]2(O)[C@H]3Cc4ccc(O)c5c4[C@@]2(CCN3CC2CC2)[C@H]1O5)c1ccc2cc[nH]c2c1. The maximum Gasteiger partial charge on any atom is 0.251 e. The number of aromatic hydroxyl groups is 1. The van der Waals surface area contributed by atoms with Crippen LogP contribution in [0.4, 0.5) is 0 Å². The second-order valence-corrected chi connectivity index (χ2v) is 11.7. The van der Waals surface area contributed by atoms with Gasteiger partial charge < -0.3 is 25.3 Å². The Morgan fingerprint density at radius 1 is 1.16 bits per heavy atom. The molecule has 3 heterocycles. The van der Waals surface area contributed by atoms with E-state index in [2.05, 4.69) is 15.2 Å². The van der Waals surface area contributed by atoms with Crippen molar-refractivity contribution in [2.24, 2.45) is 5.92 Å². The van der Waals surface area contributed by atoms with Gasteiger partial charge in [-0.3, -0.25) is 9.69 Å². The number of piperidine rings is 1. The molecule has 1 aromatic heterocycles. The monoisotopic (exact) mass is 521 g/mol. The van der Waals surface area contributed by atoms with E-state index in [-0.39, 0.29) is 36.1 Å². The second kappa shape index (κ2) is 7.88. The van der Waals surface area contributed by atoms with Crippen LogP contribution >= 0.6 is 12.4 Å². The number of fused-ring (bicyclic) bond motifs is 1. The maximum atomic E-state index is 13.4. The molecule has 2 aliphatic heterocycles. The lowest BCUT2D eigenvalue weighted by atomic mass is 9.48. The minimum Gasteiger partial charge on any atom is -0.504 e. The Bertz CT molecular complexity index is 1420. The van der Waals surface area contributed by atoms with Gasteiger partial charge in [-0.1, -0.05) is 12.1 Å². The van der Waals surface area contributed by atoms with E-state index in [9.17, 15) is 15.0 Å². The third kappa shape index (κ3) is 3.05. The highest BCUT2D eigenvalue weighted by atomic mass is 35.5. The van der Waals surface area contributed by atoms with Crippen molar-refractivity contribution in [1.82, 2.24) is 15.2 Å². The Morgan fingerprint density at radius 2 is 2.03 bits per heavy atom. The molecule has 2 saturated carbocycles. The van der Waals surface area contributed by atoms with E-state index in [0.717, 1.165) is 48.3 Å². The molecular weight excluding hydrogens is 490 g/mol. The number of carbonyl (C=O) groups is 1. The van der Waals surface area contributed by atoms with Gasteiger partial charge in [0.2, 0.25) is 0 Å². The molecule has 194 valence electrons. The van der Waals surface area contributed by atoms with Crippen molar-refractivity contribution in [3.63, 3.8) is 0 Å². The Hall–Kier alpha value is -2.74. The molecular formula is C29H32ClN3O4. The van der Waals surface area contributed by atoms with Gasteiger partial charge in [0.05, 0.1) is 17.1 Å². The number of rotatable bonds is 4. The van der Waals surface area contributed by atoms with Crippen LogP contribution in [0.2, 0.25) is 0 Å². The van der Waals surface area contributed by atoms with Gasteiger partial charge >= 0.3 is 0 Å². The molecule has 3 aliphatic carbocycles. The molecule has 1 saturated heterocycles. The van der Waals surface area contributed by atoms with Crippen molar-refractivity contribution in [1.29, 1.82) is 0 Å². The lowest BCUT2D eigenvalue weighted by Crippen LogP contribution is -2.78. The van der Waals surface area contributed by atoms with E-state index in [0.29, 0.717) is 24.2 Å². The highest BCUT2D eigenvalue weighted by Gasteiger charge is 2.73. The van der Waals surface area contributed by atoms with Crippen LogP contribution in [-0.2, 0) is 11.8 Å². The second-order valence-electron chi connectivity index (χ2n) is 11.7. The van der Waals surface area contributed by atoms with Crippen LogP contribution < -0.4 is 10.1 Å². The Labute approximate surface area is 221 Å². The number of aliphatic hydroxyl groups is 1. The summed E-state index contributed by atoms with van der Waals surface area (Å²) in [5.41, 5.74) is 2.12. The number of benzene rings is 2. The number of amides is 1. The van der Waals surface area contributed by atoms with Crippen LogP contribution in [0.3, 0.4) is 0 Å². The number of phenols is 1. The molecule has 2 aromatic carbocycles. The highest BCUT2D eigenvalue weighted by Crippen LogP contribution is 2.65. The summed E-state index contributed by atoms with van der Waals surface area (Å²) < 4.78 is 6.56. The Balaban J connectivity index is 0.00000231. The van der Waals surface area contributed by atoms with Gasteiger partial charge in [-0.2, -0.15) is 0 Å². The number of nitrogens with one attached hydrogen (secondary N) is 2. The number of carbonyl (C=O) groups excluding carboxylic acids is 1. The van der Waals surface area contributed by atoms with Gasteiger partial charge in [-0.25, -0.2) is 0 Å². The summed E-state index contributed by atoms with van der Waals surface area (Å²) in [6, 6.07) is 11.2. The van der Waals surface area contributed by atoms with Crippen LogP contribution in [0, 0.1) is 5.92 Å². The van der Waals surface area contributed by atoms with Crippen molar-refractivity contribution in [3.05, 3.63) is 59.3 Å². The third-order valence-electron chi connectivity index (χ3n) is 9.90. The van der Waals surface area contributed by atoms with E-state index >= 15 is 0 Å². The molecule has 3 aromatic rings. The molecule has 5 aliphatic rings.